The Morgan fingerprint density at radius 2 is 2.05 bits per heavy atom. The Kier molecular flexibility index (Phi) is 5.88. The summed E-state index contributed by atoms with van der Waals surface area (Å²) in [6.07, 6.45) is 2.01. The molecule has 1 aromatic carbocycles. The third kappa shape index (κ3) is 4.90. The molecular formula is C17H28N2O2. The van der Waals surface area contributed by atoms with Crippen LogP contribution in [0.5, 0.6) is 5.75 Å². The van der Waals surface area contributed by atoms with E-state index < -0.39 is 0 Å². The van der Waals surface area contributed by atoms with E-state index in [-0.39, 0.29) is 6.10 Å². The van der Waals surface area contributed by atoms with Gasteiger partial charge >= 0.3 is 0 Å². The first-order chi connectivity index (χ1) is 10.1. The van der Waals surface area contributed by atoms with Crippen LogP contribution in [-0.2, 0) is 0 Å². The van der Waals surface area contributed by atoms with Crippen LogP contribution in [0.3, 0.4) is 0 Å². The number of rotatable bonds is 6. The summed E-state index contributed by atoms with van der Waals surface area (Å²) in [4.78, 5) is 2.37. The number of aliphatic hydroxyl groups excluding tert-OH is 1. The summed E-state index contributed by atoms with van der Waals surface area (Å²) in [7, 11) is 1.69. The number of piperidine rings is 1. The molecule has 118 valence electrons. The van der Waals surface area contributed by atoms with Crippen LogP contribution in [0.4, 0.5) is 5.69 Å². The summed E-state index contributed by atoms with van der Waals surface area (Å²) in [6.45, 7) is 7.03. The zero-order chi connectivity index (χ0) is 15.2. The van der Waals surface area contributed by atoms with Gasteiger partial charge in [0, 0.05) is 37.4 Å². The van der Waals surface area contributed by atoms with Crippen LogP contribution >= 0.6 is 0 Å². The minimum Gasteiger partial charge on any atom is -0.497 e. The number of ether oxygens (including phenoxy) is 1. The quantitative estimate of drug-likeness (QED) is 0.846. The third-order valence-electron chi connectivity index (χ3n) is 4.24. The van der Waals surface area contributed by atoms with E-state index in [9.17, 15) is 5.11 Å². The van der Waals surface area contributed by atoms with Gasteiger partial charge in [-0.1, -0.05) is 19.9 Å². The minimum atomic E-state index is -0.215. The summed E-state index contributed by atoms with van der Waals surface area (Å²) < 4.78 is 5.25. The van der Waals surface area contributed by atoms with Crippen LogP contribution in [0.2, 0.25) is 0 Å². The van der Waals surface area contributed by atoms with Gasteiger partial charge in [-0.15, -0.1) is 0 Å². The summed E-state index contributed by atoms with van der Waals surface area (Å²) >= 11 is 0. The fraction of sp³-hybridized carbons (Fsp3) is 0.647. The van der Waals surface area contributed by atoms with Crippen LogP contribution in [0.15, 0.2) is 24.3 Å². The molecular weight excluding hydrogens is 264 g/mol. The molecule has 1 unspecified atom stereocenters. The summed E-state index contributed by atoms with van der Waals surface area (Å²) in [6, 6.07) is 8.59. The molecule has 1 aromatic rings. The molecule has 0 amide bonds. The lowest BCUT2D eigenvalue weighted by molar-refractivity contribution is 0.0669. The molecule has 1 aliphatic heterocycles. The predicted molar refractivity (Wildman–Crippen MR) is 86.9 cm³/mol. The number of nitrogens with one attached hydrogen (secondary N) is 1. The Hall–Kier alpha value is -1.26. The zero-order valence-corrected chi connectivity index (χ0v) is 13.4. The molecule has 4 nitrogen and oxygen atoms in total. The molecule has 1 atom stereocenters. The lowest BCUT2D eigenvalue weighted by Crippen LogP contribution is -2.43. The number of aliphatic hydroxyl groups is 1. The molecule has 1 fully saturated rings. The first-order valence-electron chi connectivity index (χ1n) is 7.89. The molecule has 0 bridgehead atoms. The standard InChI is InChI=1S/C17H28N2O2/c1-13(2)17(20)12-19-9-7-14(8-10-19)18-15-5-4-6-16(11-15)21-3/h4-6,11,13-14,17-18,20H,7-10,12H2,1-3H3. The maximum Gasteiger partial charge on any atom is 0.120 e. The monoisotopic (exact) mass is 292 g/mol. The van der Waals surface area contributed by atoms with Crippen LogP contribution in [0.25, 0.3) is 0 Å². The van der Waals surface area contributed by atoms with Gasteiger partial charge in [0.2, 0.25) is 0 Å². The summed E-state index contributed by atoms with van der Waals surface area (Å²) in [5.74, 6) is 1.22. The number of methoxy groups -OCH3 is 1. The third-order valence-corrected chi connectivity index (χ3v) is 4.24. The summed E-state index contributed by atoms with van der Waals surface area (Å²) in [5, 5.41) is 13.5. The van der Waals surface area contributed by atoms with Gasteiger partial charge < -0.3 is 20.1 Å². The zero-order valence-electron chi connectivity index (χ0n) is 13.4. The van der Waals surface area contributed by atoms with Gasteiger partial charge in [0.1, 0.15) is 5.75 Å². The van der Waals surface area contributed by atoms with E-state index in [1.165, 1.54) is 0 Å². The highest BCUT2D eigenvalue weighted by molar-refractivity contribution is 5.48. The first kappa shape index (κ1) is 16.1. The normalized spacial score (nSPS) is 18.7. The Bertz CT molecular complexity index is 429. The van der Waals surface area contributed by atoms with Crippen LogP contribution < -0.4 is 10.1 Å². The molecule has 2 N–H and O–H groups in total. The molecule has 4 heteroatoms. The highest BCUT2D eigenvalue weighted by atomic mass is 16.5. The molecule has 0 aromatic heterocycles. The smallest absolute Gasteiger partial charge is 0.120 e. The number of hydrogen-bond donors (Lipinski definition) is 2. The molecule has 0 aliphatic carbocycles. The molecule has 2 rings (SSSR count). The van der Waals surface area contributed by atoms with Crippen LogP contribution in [0.1, 0.15) is 26.7 Å². The van der Waals surface area contributed by atoms with Crippen molar-refractivity contribution in [3.8, 4) is 5.75 Å². The van der Waals surface area contributed by atoms with Crippen molar-refractivity contribution in [1.82, 2.24) is 4.90 Å². The Balaban J connectivity index is 1.78. The fourth-order valence-corrected chi connectivity index (χ4v) is 2.68. The molecule has 1 aliphatic rings. The van der Waals surface area contributed by atoms with Crippen molar-refractivity contribution in [2.24, 2.45) is 5.92 Å². The molecule has 1 saturated heterocycles. The van der Waals surface area contributed by atoms with E-state index >= 15 is 0 Å². The van der Waals surface area contributed by atoms with Gasteiger partial charge in [-0.2, -0.15) is 0 Å². The second-order valence-corrected chi connectivity index (χ2v) is 6.26. The largest absolute Gasteiger partial charge is 0.497 e. The average molecular weight is 292 g/mol. The highest BCUT2D eigenvalue weighted by Gasteiger charge is 2.21. The molecule has 0 radical (unpaired) electrons. The second-order valence-electron chi connectivity index (χ2n) is 6.26. The van der Waals surface area contributed by atoms with Gasteiger partial charge in [-0.25, -0.2) is 0 Å². The number of likely N-dealkylation sites (tertiary alicyclic amines) is 1. The number of β-amino-alcohol motifs (C(OH)–C–C–N with tert-alkyl or cyclic N) is 1. The number of benzene rings is 1. The van der Waals surface area contributed by atoms with E-state index in [0.29, 0.717) is 12.0 Å². The van der Waals surface area contributed by atoms with Crippen LogP contribution in [-0.4, -0.2) is 48.9 Å². The first-order valence-corrected chi connectivity index (χ1v) is 7.89. The SMILES string of the molecule is COc1cccc(NC2CCN(CC(O)C(C)C)CC2)c1. The van der Waals surface area contributed by atoms with Crippen molar-refractivity contribution >= 4 is 5.69 Å². The number of nitrogens with zero attached hydrogens (tertiary/aromatic N) is 1. The number of hydrogen-bond acceptors (Lipinski definition) is 4. The molecule has 1 heterocycles. The molecule has 0 saturated carbocycles. The average Bonchev–Trinajstić information content (AvgIpc) is 2.49. The van der Waals surface area contributed by atoms with Crippen molar-refractivity contribution in [3.63, 3.8) is 0 Å². The Labute approximate surface area is 128 Å². The Morgan fingerprint density at radius 3 is 2.67 bits per heavy atom. The van der Waals surface area contributed by atoms with Gasteiger partial charge in [0.15, 0.2) is 0 Å². The van der Waals surface area contributed by atoms with Crippen molar-refractivity contribution in [1.29, 1.82) is 0 Å². The van der Waals surface area contributed by atoms with Gasteiger partial charge in [0.25, 0.3) is 0 Å². The van der Waals surface area contributed by atoms with Crippen molar-refractivity contribution in [3.05, 3.63) is 24.3 Å². The second kappa shape index (κ2) is 7.66. The Morgan fingerprint density at radius 1 is 1.33 bits per heavy atom. The van der Waals surface area contributed by atoms with Crippen molar-refractivity contribution in [2.45, 2.75) is 38.8 Å². The van der Waals surface area contributed by atoms with Crippen molar-refractivity contribution in [2.75, 3.05) is 32.1 Å². The number of anilines is 1. The maximum atomic E-state index is 9.97. The minimum absolute atomic E-state index is 0.215. The maximum absolute atomic E-state index is 9.97. The van der Waals surface area contributed by atoms with Gasteiger partial charge in [-0.3, -0.25) is 0 Å². The predicted octanol–water partition coefficient (Wildman–Crippen LogP) is 2.59. The van der Waals surface area contributed by atoms with E-state index in [0.717, 1.165) is 43.9 Å². The van der Waals surface area contributed by atoms with E-state index in [1.807, 2.05) is 18.2 Å². The molecule has 0 spiro atoms. The summed E-state index contributed by atoms with van der Waals surface area (Å²) in [5.41, 5.74) is 1.12. The van der Waals surface area contributed by atoms with Gasteiger partial charge in [-0.05, 0) is 30.9 Å². The van der Waals surface area contributed by atoms with Crippen LogP contribution in [0, 0.1) is 5.92 Å². The van der Waals surface area contributed by atoms with E-state index in [1.54, 1.807) is 7.11 Å². The van der Waals surface area contributed by atoms with E-state index in [4.69, 9.17) is 4.74 Å². The topological polar surface area (TPSA) is 44.7 Å². The van der Waals surface area contributed by atoms with Gasteiger partial charge in [0.05, 0.1) is 13.2 Å². The molecule has 21 heavy (non-hydrogen) atoms. The lowest BCUT2D eigenvalue weighted by atomic mass is 10.0. The lowest BCUT2D eigenvalue weighted by Gasteiger charge is -2.34. The highest BCUT2D eigenvalue weighted by Crippen LogP contribution is 2.21. The van der Waals surface area contributed by atoms with Crippen molar-refractivity contribution < 1.29 is 9.84 Å². The van der Waals surface area contributed by atoms with E-state index in [2.05, 4.69) is 30.1 Å². The fourth-order valence-electron chi connectivity index (χ4n) is 2.68.